The normalized spacial score (nSPS) is 10.5. The van der Waals surface area contributed by atoms with E-state index in [4.69, 9.17) is 4.74 Å². The number of benzene rings is 2. The molecule has 0 radical (unpaired) electrons. The highest BCUT2D eigenvalue weighted by molar-refractivity contribution is 8.01. The summed E-state index contributed by atoms with van der Waals surface area (Å²) in [6, 6.07) is 13.6. The van der Waals surface area contributed by atoms with Gasteiger partial charge in [-0.3, -0.25) is 4.79 Å². The SMILES string of the molecule is CCOc1ccccc1Nc1nnc(SCC(=O)Nc2cccc(C)c2C)s1. The Hall–Kier alpha value is -2.58. The number of aryl methyl sites for hydroxylation is 1. The van der Waals surface area contributed by atoms with Crippen LogP contribution in [0.5, 0.6) is 5.75 Å². The van der Waals surface area contributed by atoms with Crippen molar-refractivity contribution in [2.45, 2.75) is 25.1 Å². The van der Waals surface area contributed by atoms with Gasteiger partial charge in [0.05, 0.1) is 18.0 Å². The van der Waals surface area contributed by atoms with Gasteiger partial charge in [-0.25, -0.2) is 0 Å². The fraction of sp³-hybridized carbons (Fsp3) is 0.250. The Morgan fingerprint density at radius 1 is 1.11 bits per heavy atom. The minimum absolute atomic E-state index is 0.0647. The van der Waals surface area contributed by atoms with Crippen molar-refractivity contribution in [2.75, 3.05) is 23.0 Å². The highest BCUT2D eigenvalue weighted by Gasteiger charge is 2.11. The molecule has 0 saturated heterocycles. The lowest BCUT2D eigenvalue weighted by Crippen LogP contribution is -2.15. The van der Waals surface area contributed by atoms with Crippen molar-refractivity contribution in [3.05, 3.63) is 53.6 Å². The summed E-state index contributed by atoms with van der Waals surface area (Å²) in [6.45, 7) is 6.56. The summed E-state index contributed by atoms with van der Waals surface area (Å²) in [7, 11) is 0. The summed E-state index contributed by atoms with van der Waals surface area (Å²) in [6.07, 6.45) is 0. The number of ether oxygens (including phenoxy) is 1. The van der Waals surface area contributed by atoms with E-state index >= 15 is 0 Å². The molecule has 0 fully saturated rings. The van der Waals surface area contributed by atoms with Crippen molar-refractivity contribution in [1.82, 2.24) is 10.2 Å². The van der Waals surface area contributed by atoms with Crippen molar-refractivity contribution in [2.24, 2.45) is 0 Å². The third-order valence-corrected chi connectivity index (χ3v) is 6.01. The molecule has 0 atom stereocenters. The predicted molar refractivity (Wildman–Crippen MR) is 116 cm³/mol. The molecule has 0 bridgehead atoms. The maximum atomic E-state index is 12.3. The Bertz CT molecular complexity index is 959. The first-order valence-corrected chi connectivity index (χ1v) is 10.7. The number of carbonyl (C=O) groups is 1. The van der Waals surface area contributed by atoms with Crippen LogP contribution in [0.2, 0.25) is 0 Å². The number of carbonyl (C=O) groups excluding carboxylic acids is 1. The molecular formula is C20H22N4O2S2. The highest BCUT2D eigenvalue weighted by atomic mass is 32.2. The number of aromatic nitrogens is 2. The van der Waals surface area contributed by atoms with Gasteiger partial charge >= 0.3 is 0 Å². The molecule has 2 aromatic carbocycles. The number of rotatable bonds is 8. The Morgan fingerprint density at radius 3 is 2.71 bits per heavy atom. The smallest absolute Gasteiger partial charge is 0.234 e. The van der Waals surface area contributed by atoms with E-state index in [2.05, 4.69) is 20.8 Å². The molecule has 6 nitrogen and oxygen atoms in total. The van der Waals surface area contributed by atoms with Crippen LogP contribution in [0, 0.1) is 13.8 Å². The summed E-state index contributed by atoms with van der Waals surface area (Å²) >= 11 is 2.77. The molecule has 0 aliphatic carbocycles. The predicted octanol–water partition coefficient (Wildman–Crippen LogP) is 5.03. The van der Waals surface area contributed by atoms with Gasteiger partial charge in [-0.2, -0.15) is 0 Å². The van der Waals surface area contributed by atoms with Crippen molar-refractivity contribution < 1.29 is 9.53 Å². The van der Waals surface area contributed by atoms with E-state index in [1.165, 1.54) is 23.1 Å². The number of amides is 1. The standard InChI is InChI=1S/C20H22N4O2S2/c1-4-26-17-11-6-5-9-16(17)22-19-23-24-20(28-19)27-12-18(25)21-15-10-7-8-13(2)14(15)3/h5-11H,4,12H2,1-3H3,(H,21,25)(H,22,23). The molecule has 0 spiro atoms. The molecule has 1 heterocycles. The van der Waals surface area contributed by atoms with Crippen LogP contribution in [-0.4, -0.2) is 28.5 Å². The molecule has 28 heavy (non-hydrogen) atoms. The molecule has 0 unspecified atom stereocenters. The minimum Gasteiger partial charge on any atom is -0.492 e. The lowest BCUT2D eigenvalue weighted by molar-refractivity contribution is -0.113. The number of hydrogen-bond donors (Lipinski definition) is 2. The molecule has 3 aromatic rings. The number of thioether (sulfide) groups is 1. The van der Waals surface area contributed by atoms with Crippen LogP contribution < -0.4 is 15.4 Å². The zero-order valence-corrected chi connectivity index (χ0v) is 17.6. The minimum atomic E-state index is -0.0647. The van der Waals surface area contributed by atoms with Gasteiger partial charge in [0, 0.05) is 5.69 Å². The van der Waals surface area contributed by atoms with Gasteiger partial charge in [0.25, 0.3) is 0 Å². The van der Waals surface area contributed by atoms with Crippen molar-refractivity contribution in [3.63, 3.8) is 0 Å². The molecule has 0 aliphatic rings. The summed E-state index contributed by atoms with van der Waals surface area (Å²) in [5, 5.41) is 15.1. The molecule has 3 rings (SSSR count). The van der Waals surface area contributed by atoms with Crippen LogP contribution in [0.1, 0.15) is 18.1 Å². The highest BCUT2D eigenvalue weighted by Crippen LogP contribution is 2.31. The Labute approximate surface area is 172 Å². The second-order valence-electron chi connectivity index (χ2n) is 6.01. The second-order valence-corrected chi connectivity index (χ2v) is 8.21. The van der Waals surface area contributed by atoms with E-state index in [1.807, 2.05) is 63.2 Å². The van der Waals surface area contributed by atoms with Crippen LogP contribution >= 0.6 is 23.1 Å². The zero-order valence-electron chi connectivity index (χ0n) is 16.0. The molecular weight excluding hydrogens is 392 g/mol. The summed E-state index contributed by atoms with van der Waals surface area (Å²) < 4.78 is 6.33. The van der Waals surface area contributed by atoms with Crippen molar-refractivity contribution in [1.29, 1.82) is 0 Å². The number of anilines is 3. The van der Waals surface area contributed by atoms with Gasteiger partial charge in [0.2, 0.25) is 11.0 Å². The number of hydrogen-bond acceptors (Lipinski definition) is 7. The van der Waals surface area contributed by atoms with E-state index in [-0.39, 0.29) is 11.7 Å². The van der Waals surface area contributed by atoms with Crippen LogP contribution in [0.3, 0.4) is 0 Å². The molecule has 0 aliphatic heterocycles. The Balaban J connectivity index is 1.56. The van der Waals surface area contributed by atoms with Crippen molar-refractivity contribution in [3.8, 4) is 5.75 Å². The van der Waals surface area contributed by atoms with Crippen LogP contribution in [0.4, 0.5) is 16.5 Å². The van der Waals surface area contributed by atoms with Crippen LogP contribution in [0.15, 0.2) is 46.8 Å². The first-order valence-electron chi connectivity index (χ1n) is 8.88. The maximum Gasteiger partial charge on any atom is 0.234 e. The maximum absolute atomic E-state index is 12.3. The third-order valence-electron chi connectivity index (χ3n) is 4.04. The monoisotopic (exact) mass is 414 g/mol. The average molecular weight is 415 g/mol. The summed E-state index contributed by atoms with van der Waals surface area (Å²) in [5.74, 6) is 0.977. The first kappa shape index (κ1) is 20.2. The lowest BCUT2D eigenvalue weighted by atomic mass is 10.1. The molecule has 146 valence electrons. The average Bonchev–Trinajstić information content (AvgIpc) is 3.13. The van der Waals surface area contributed by atoms with E-state index in [0.717, 1.165) is 32.6 Å². The Morgan fingerprint density at radius 2 is 1.89 bits per heavy atom. The van der Waals surface area contributed by atoms with Gasteiger partial charge in [0.15, 0.2) is 4.34 Å². The molecule has 1 amide bonds. The van der Waals surface area contributed by atoms with Gasteiger partial charge < -0.3 is 15.4 Å². The number of nitrogens with zero attached hydrogens (tertiary/aromatic N) is 2. The van der Waals surface area contributed by atoms with Gasteiger partial charge in [-0.05, 0) is 50.1 Å². The largest absolute Gasteiger partial charge is 0.492 e. The Kier molecular flexibility index (Phi) is 6.89. The van der Waals surface area contributed by atoms with Gasteiger partial charge in [0.1, 0.15) is 5.75 Å². The molecule has 8 heteroatoms. The lowest BCUT2D eigenvalue weighted by Gasteiger charge is -2.09. The topological polar surface area (TPSA) is 76.1 Å². The van der Waals surface area contributed by atoms with Gasteiger partial charge in [-0.15, -0.1) is 10.2 Å². The first-order chi connectivity index (χ1) is 13.6. The van der Waals surface area contributed by atoms with E-state index < -0.39 is 0 Å². The van der Waals surface area contributed by atoms with E-state index in [0.29, 0.717) is 11.7 Å². The van der Waals surface area contributed by atoms with Gasteiger partial charge in [-0.1, -0.05) is 47.4 Å². The van der Waals surface area contributed by atoms with Crippen molar-refractivity contribution >= 4 is 45.5 Å². The molecule has 2 N–H and O–H groups in total. The quantitative estimate of drug-likeness (QED) is 0.504. The van der Waals surface area contributed by atoms with E-state index in [1.54, 1.807) is 0 Å². The number of nitrogens with one attached hydrogen (secondary N) is 2. The van der Waals surface area contributed by atoms with Crippen LogP contribution in [-0.2, 0) is 4.79 Å². The van der Waals surface area contributed by atoms with Crippen LogP contribution in [0.25, 0.3) is 0 Å². The summed E-state index contributed by atoms with van der Waals surface area (Å²) in [5.41, 5.74) is 3.91. The molecule has 1 aromatic heterocycles. The fourth-order valence-corrected chi connectivity index (χ4v) is 4.05. The zero-order chi connectivity index (χ0) is 19.9. The molecule has 0 saturated carbocycles. The third kappa shape index (κ3) is 5.24. The number of para-hydroxylation sites is 2. The van der Waals surface area contributed by atoms with E-state index in [9.17, 15) is 4.79 Å². The second kappa shape index (κ2) is 9.57. The summed E-state index contributed by atoms with van der Waals surface area (Å²) in [4.78, 5) is 12.3. The fourth-order valence-electron chi connectivity index (χ4n) is 2.49.